The molecule has 0 aliphatic carbocycles. The van der Waals surface area contributed by atoms with Crippen LogP contribution in [0.25, 0.3) is 5.57 Å². The number of nitrogens with zero attached hydrogens (tertiary/aromatic N) is 3. The van der Waals surface area contributed by atoms with E-state index in [9.17, 15) is 13.7 Å². The number of allylic oxidation sites excluding steroid dienone is 1. The molecule has 1 aromatic heterocycles. The zero-order valence-corrected chi connectivity index (χ0v) is 18.0. The number of thiazole rings is 1. The third-order valence-electron chi connectivity index (χ3n) is 3.94. The third-order valence-corrected chi connectivity index (χ3v) is 6.98. The zero-order chi connectivity index (χ0) is 20.7. The van der Waals surface area contributed by atoms with E-state index in [0.717, 1.165) is 5.69 Å². The third kappa shape index (κ3) is 4.90. The molecule has 2 rings (SSSR count). The van der Waals surface area contributed by atoms with Crippen molar-refractivity contribution >= 4 is 32.6 Å². The Hall–Kier alpha value is -2.41. The number of hydrogen-bond acceptors (Lipinski definition) is 7. The van der Waals surface area contributed by atoms with Gasteiger partial charge in [-0.1, -0.05) is 13.8 Å². The van der Waals surface area contributed by atoms with Crippen molar-refractivity contribution in [3.05, 3.63) is 40.5 Å². The SMILES string of the molecule is CCOc1ccc(S(=O)(=O)N(CC)CC)cc1N/C=C(\C#N)c1nc(C)cs1. The summed E-state index contributed by atoms with van der Waals surface area (Å²) in [5.74, 6) is 0.504. The number of ether oxygens (including phenoxy) is 1. The van der Waals surface area contributed by atoms with E-state index in [2.05, 4.69) is 16.4 Å². The molecule has 0 unspecified atom stereocenters. The van der Waals surface area contributed by atoms with E-state index in [4.69, 9.17) is 4.74 Å². The summed E-state index contributed by atoms with van der Waals surface area (Å²) >= 11 is 1.37. The largest absolute Gasteiger partial charge is 0.492 e. The van der Waals surface area contributed by atoms with Crippen LogP contribution in [0.15, 0.2) is 34.7 Å². The number of rotatable bonds is 9. The van der Waals surface area contributed by atoms with E-state index in [-0.39, 0.29) is 4.90 Å². The molecule has 150 valence electrons. The number of sulfonamides is 1. The van der Waals surface area contributed by atoms with E-state index in [0.29, 0.717) is 41.7 Å². The lowest BCUT2D eigenvalue weighted by atomic mass is 10.2. The van der Waals surface area contributed by atoms with Gasteiger partial charge in [0.15, 0.2) is 0 Å². The van der Waals surface area contributed by atoms with Crippen molar-refractivity contribution in [1.82, 2.24) is 9.29 Å². The minimum Gasteiger partial charge on any atom is -0.492 e. The van der Waals surface area contributed by atoms with Gasteiger partial charge in [0, 0.05) is 30.4 Å². The summed E-state index contributed by atoms with van der Waals surface area (Å²) in [6.45, 7) is 8.50. The fraction of sp³-hybridized carbons (Fsp3) is 0.368. The molecule has 2 aromatic rings. The van der Waals surface area contributed by atoms with Gasteiger partial charge in [0.2, 0.25) is 10.0 Å². The van der Waals surface area contributed by atoms with E-state index in [1.165, 1.54) is 34.0 Å². The van der Waals surface area contributed by atoms with E-state index >= 15 is 0 Å². The number of nitriles is 1. The normalized spacial score (nSPS) is 12.1. The standard InChI is InChI=1S/C19H24N4O3S2/c1-5-23(6-2)28(24,25)16-8-9-18(26-7-3)17(10-16)21-12-15(11-20)19-22-14(4)13-27-19/h8-10,12-13,21H,5-7H2,1-4H3/b15-12+. The second kappa shape index (κ2) is 9.68. The van der Waals surface area contributed by atoms with Gasteiger partial charge in [0.1, 0.15) is 22.4 Å². The Morgan fingerprint density at radius 2 is 2.07 bits per heavy atom. The van der Waals surface area contributed by atoms with Gasteiger partial charge in [-0.25, -0.2) is 13.4 Å². The predicted octanol–water partition coefficient (Wildman–Crippen LogP) is 3.86. The number of aromatic nitrogens is 1. The first-order chi connectivity index (χ1) is 13.4. The molecule has 0 bridgehead atoms. The smallest absolute Gasteiger partial charge is 0.243 e. The summed E-state index contributed by atoms with van der Waals surface area (Å²) in [5, 5.41) is 14.9. The highest BCUT2D eigenvalue weighted by atomic mass is 32.2. The lowest BCUT2D eigenvalue weighted by molar-refractivity contribution is 0.341. The van der Waals surface area contributed by atoms with Crippen LogP contribution >= 0.6 is 11.3 Å². The van der Waals surface area contributed by atoms with Gasteiger partial charge >= 0.3 is 0 Å². The molecule has 0 aliphatic rings. The van der Waals surface area contributed by atoms with Gasteiger partial charge in [-0.05, 0) is 32.0 Å². The average molecular weight is 421 g/mol. The molecule has 0 aliphatic heterocycles. The Balaban J connectivity index is 2.44. The average Bonchev–Trinajstić information content (AvgIpc) is 3.10. The summed E-state index contributed by atoms with van der Waals surface area (Å²) < 4.78 is 32.6. The fourth-order valence-electron chi connectivity index (χ4n) is 2.55. The Morgan fingerprint density at radius 1 is 1.36 bits per heavy atom. The molecule has 0 saturated carbocycles. The molecule has 1 heterocycles. The maximum absolute atomic E-state index is 12.8. The monoisotopic (exact) mass is 420 g/mol. The van der Waals surface area contributed by atoms with Crippen LogP contribution in [0.4, 0.5) is 5.69 Å². The molecule has 0 fully saturated rings. The summed E-state index contributed by atoms with van der Waals surface area (Å²) in [5.41, 5.74) is 1.66. The van der Waals surface area contributed by atoms with Crippen LogP contribution in [0, 0.1) is 18.3 Å². The van der Waals surface area contributed by atoms with E-state index < -0.39 is 10.0 Å². The van der Waals surface area contributed by atoms with Crippen molar-refractivity contribution in [2.45, 2.75) is 32.6 Å². The maximum Gasteiger partial charge on any atom is 0.243 e. The predicted molar refractivity (Wildman–Crippen MR) is 112 cm³/mol. The van der Waals surface area contributed by atoms with E-state index in [1.54, 1.807) is 19.9 Å². The van der Waals surface area contributed by atoms with Gasteiger partial charge in [-0.2, -0.15) is 9.57 Å². The molecular formula is C19H24N4O3S2. The number of aryl methyl sites for hydroxylation is 1. The number of nitrogens with one attached hydrogen (secondary N) is 1. The fourth-order valence-corrected chi connectivity index (χ4v) is 4.79. The van der Waals surface area contributed by atoms with Crippen LogP contribution in [-0.4, -0.2) is 37.4 Å². The first-order valence-electron chi connectivity index (χ1n) is 8.93. The van der Waals surface area contributed by atoms with Gasteiger partial charge in [-0.3, -0.25) is 0 Å². The van der Waals surface area contributed by atoms with Crippen molar-refractivity contribution in [3.8, 4) is 11.8 Å². The molecule has 1 N–H and O–H groups in total. The maximum atomic E-state index is 12.8. The Morgan fingerprint density at radius 3 is 2.61 bits per heavy atom. The molecule has 0 saturated heterocycles. The molecule has 0 radical (unpaired) electrons. The van der Waals surface area contributed by atoms with Gasteiger partial charge < -0.3 is 10.1 Å². The summed E-state index contributed by atoms with van der Waals surface area (Å²) in [6.07, 6.45) is 1.52. The zero-order valence-electron chi connectivity index (χ0n) is 16.4. The quantitative estimate of drug-likeness (QED) is 0.619. The highest BCUT2D eigenvalue weighted by Crippen LogP contribution is 2.30. The molecule has 0 amide bonds. The number of benzene rings is 1. The number of hydrogen-bond donors (Lipinski definition) is 1. The second-order valence-corrected chi connectivity index (χ2v) is 8.58. The van der Waals surface area contributed by atoms with Crippen LogP contribution in [0.1, 0.15) is 31.5 Å². The molecule has 0 spiro atoms. The van der Waals surface area contributed by atoms with Crippen molar-refractivity contribution < 1.29 is 13.2 Å². The molecule has 7 nitrogen and oxygen atoms in total. The van der Waals surface area contributed by atoms with E-state index in [1.807, 2.05) is 19.2 Å². The molecule has 0 atom stereocenters. The molecule has 28 heavy (non-hydrogen) atoms. The van der Waals surface area contributed by atoms with Crippen molar-refractivity contribution in [1.29, 1.82) is 5.26 Å². The lowest BCUT2D eigenvalue weighted by Gasteiger charge is -2.19. The van der Waals surface area contributed by atoms with Crippen LogP contribution in [-0.2, 0) is 10.0 Å². The lowest BCUT2D eigenvalue weighted by Crippen LogP contribution is -2.30. The summed E-state index contributed by atoms with van der Waals surface area (Å²) in [4.78, 5) is 4.47. The second-order valence-electron chi connectivity index (χ2n) is 5.79. The van der Waals surface area contributed by atoms with Crippen LogP contribution in [0.3, 0.4) is 0 Å². The number of anilines is 1. The highest BCUT2D eigenvalue weighted by Gasteiger charge is 2.22. The summed E-state index contributed by atoms with van der Waals surface area (Å²) in [7, 11) is -3.61. The van der Waals surface area contributed by atoms with Crippen LogP contribution in [0.2, 0.25) is 0 Å². The van der Waals surface area contributed by atoms with Gasteiger partial charge in [0.25, 0.3) is 0 Å². The van der Waals surface area contributed by atoms with Crippen molar-refractivity contribution in [2.24, 2.45) is 0 Å². The Labute approximate surface area is 170 Å². The first kappa shape index (κ1) is 21.9. The topological polar surface area (TPSA) is 95.3 Å². The summed E-state index contributed by atoms with van der Waals surface area (Å²) in [6, 6.07) is 6.79. The van der Waals surface area contributed by atoms with Crippen molar-refractivity contribution in [3.63, 3.8) is 0 Å². The minimum atomic E-state index is -3.61. The molecule has 1 aromatic carbocycles. The van der Waals surface area contributed by atoms with Crippen LogP contribution < -0.4 is 10.1 Å². The molecular weight excluding hydrogens is 396 g/mol. The Kier molecular flexibility index (Phi) is 7.57. The van der Waals surface area contributed by atoms with Crippen LogP contribution in [0.5, 0.6) is 5.75 Å². The Bertz CT molecular complexity index is 987. The van der Waals surface area contributed by atoms with Crippen molar-refractivity contribution in [2.75, 3.05) is 25.0 Å². The first-order valence-corrected chi connectivity index (χ1v) is 11.3. The minimum absolute atomic E-state index is 0.166. The van der Waals surface area contributed by atoms with Gasteiger partial charge in [-0.15, -0.1) is 11.3 Å². The van der Waals surface area contributed by atoms with Gasteiger partial charge in [0.05, 0.1) is 17.2 Å². The molecule has 9 heteroatoms. The highest BCUT2D eigenvalue weighted by molar-refractivity contribution is 7.89.